The van der Waals surface area contributed by atoms with Crippen molar-refractivity contribution in [3.8, 4) is 5.75 Å². The van der Waals surface area contributed by atoms with E-state index in [1.165, 1.54) is 0 Å². The molecular formula is C28H39BrN4O4. The van der Waals surface area contributed by atoms with Crippen LogP contribution in [0.25, 0.3) is 0 Å². The van der Waals surface area contributed by atoms with E-state index in [0.29, 0.717) is 30.0 Å². The molecule has 0 bridgehead atoms. The van der Waals surface area contributed by atoms with Gasteiger partial charge in [-0.25, -0.2) is 4.98 Å². The van der Waals surface area contributed by atoms with Gasteiger partial charge in [0.05, 0.1) is 18.8 Å². The Labute approximate surface area is 230 Å². The maximum Gasteiger partial charge on any atom is 0.303 e. The SMILES string of the molecule is Br.CCN(CC)c1cc(C(=O)CN2Cc3ccc(C)nc3C2=N)cc(C(C)(C)C)c1OCCCC(=O)O. The van der Waals surface area contributed by atoms with Crippen LogP contribution in [0.15, 0.2) is 24.3 Å². The molecule has 0 fully saturated rings. The number of amidine groups is 1. The topological polar surface area (TPSA) is 107 Å². The summed E-state index contributed by atoms with van der Waals surface area (Å²) in [7, 11) is 0. The van der Waals surface area contributed by atoms with Gasteiger partial charge < -0.3 is 19.6 Å². The molecule has 1 aliphatic heterocycles. The second kappa shape index (κ2) is 12.5. The molecule has 0 aliphatic carbocycles. The lowest BCUT2D eigenvalue weighted by Crippen LogP contribution is -2.31. The van der Waals surface area contributed by atoms with Crippen LogP contribution >= 0.6 is 17.0 Å². The highest BCUT2D eigenvalue weighted by Crippen LogP contribution is 2.41. The number of aryl methyl sites for hydroxylation is 1. The zero-order valence-electron chi connectivity index (χ0n) is 22.7. The number of carboxylic acid groups (broad SMARTS) is 1. The molecule has 0 amide bonds. The molecule has 1 aliphatic rings. The van der Waals surface area contributed by atoms with Crippen molar-refractivity contribution in [1.82, 2.24) is 9.88 Å². The Hall–Kier alpha value is -2.94. The van der Waals surface area contributed by atoms with Crippen molar-refractivity contribution in [1.29, 1.82) is 5.41 Å². The number of fused-ring (bicyclic) bond motifs is 1. The van der Waals surface area contributed by atoms with Crippen LogP contribution in [-0.2, 0) is 16.8 Å². The Morgan fingerprint density at radius 3 is 2.46 bits per heavy atom. The monoisotopic (exact) mass is 574 g/mol. The summed E-state index contributed by atoms with van der Waals surface area (Å²) in [6, 6.07) is 7.69. The average molecular weight is 576 g/mol. The van der Waals surface area contributed by atoms with Gasteiger partial charge in [0.2, 0.25) is 0 Å². The van der Waals surface area contributed by atoms with Gasteiger partial charge in [-0.2, -0.15) is 0 Å². The number of ether oxygens (including phenoxy) is 1. The molecule has 0 atom stereocenters. The number of hydrogen-bond acceptors (Lipinski definition) is 6. The van der Waals surface area contributed by atoms with Gasteiger partial charge in [-0.1, -0.05) is 26.8 Å². The van der Waals surface area contributed by atoms with Crippen molar-refractivity contribution in [2.75, 3.05) is 31.1 Å². The zero-order chi connectivity index (χ0) is 26.6. The van der Waals surface area contributed by atoms with Crippen LogP contribution in [0.3, 0.4) is 0 Å². The van der Waals surface area contributed by atoms with E-state index in [1.54, 1.807) is 4.90 Å². The molecule has 37 heavy (non-hydrogen) atoms. The van der Waals surface area contributed by atoms with E-state index in [2.05, 4.69) is 44.5 Å². The lowest BCUT2D eigenvalue weighted by Gasteiger charge is -2.31. The number of carboxylic acids is 1. The van der Waals surface area contributed by atoms with Crippen LogP contribution in [0.4, 0.5) is 5.69 Å². The lowest BCUT2D eigenvalue weighted by atomic mass is 9.84. The molecule has 0 spiro atoms. The van der Waals surface area contributed by atoms with Gasteiger partial charge in [-0.3, -0.25) is 15.0 Å². The van der Waals surface area contributed by atoms with Gasteiger partial charge in [0.25, 0.3) is 0 Å². The predicted octanol–water partition coefficient (Wildman–Crippen LogP) is 5.38. The van der Waals surface area contributed by atoms with Gasteiger partial charge >= 0.3 is 5.97 Å². The number of rotatable bonds is 11. The second-order valence-electron chi connectivity index (χ2n) is 10.2. The van der Waals surface area contributed by atoms with Crippen LogP contribution < -0.4 is 9.64 Å². The first-order valence-corrected chi connectivity index (χ1v) is 12.6. The normalized spacial score (nSPS) is 12.7. The molecule has 2 aromatic rings. The van der Waals surface area contributed by atoms with E-state index in [1.807, 2.05) is 31.2 Å². The third-order valence-electron chi connectivity index (χ3n) is 6.44. The van der Waals surface area contributed by atoms with Gasteiger partial charge in [0.15, 0.2) is 5.78 Å². The Kier molecular flexibility index (Phi) is 10.3. The minimum atomic E-state index is -0.848. The summed E-state index contributed by atoms with van der Waals surface area (Å²) >= 11 is 0. The highest BCUT2D eigenvalue weighted by atomic mass is 79.9. The maximum atomic E-state index is 13.6. The number of halogens is 1. The molecule has 2 heterocycles. The summed E-state index contributed by atoms with van der Waals surface area (Å²) in [4.78, 5) is 32.9. The van der Waals surface area contributed by atoms with E-state index in [0.717, 1.165) is 35.6 Å². The molecule has 2 N–H and O–H groups in total. The number of carbonyl (C=O) groups excluding carboxylic acids is 1. The first kappa shape index (κ1) is 30.3. The number of hydrogen-bond donors (Lipinski definition) is 2. The molecule has 1 aromatic carbocycles. The molecule has 8 nitrogen and oxygen atoms in total. The van der Waals surface area contributed by atoms with Gasteiger partial charge in [-0.15, -0.1) is 17.0 Å². The van der Waals surface area contributed by atoms with E-state index < -0.39 is 5.97 Å². The maximum absolute atomic E-state index is 13.6. The first-order chi connectivity index (χ1) is 17.0. The fourth-order valence-corrected chi connectivity index (χ4v) is 4.43. The molecule has 0 radical (unpaired) electrons. The fourth-order valence-electron chi connectivity index (χ4n) is 4.43. The number of nitrogens with zero attached hydrogens (tertiary/aromatic N) is 3. The van der Waals surface area contributed by atoms with Crippen molar-refractivity contribution < 1.29 is 19.4 Å². The predicted molar refractivity (Wildman–Crippen MR) is 152 cm³/mol. The van der Waals surface area contributed by atoms with E-state index >= 15 is 0 Å². The van der Waals surface area contributed by atoms with E-state index in [-0.39, 0.29) is 53.6 Å². The molecule has 3 rings (SSSR count). The van der Waals surface area contributed by atoms with E-state index in [4.69, 9.17) is 15.3 Å². The third kappa shape index (κ3) is 7.09. The van der Waals surface area contributed by atoms with Crippen LogP contribution in [-0.4, -0.2) is 58.8 Å². The smallest absolute Gasteiger partial charge is 0.303 e. The van der Waals surface area contributed by atoms with Gasteiger partial charge in [0, 0.05) is 48.4 Å². The number of ketones is 1. The number of anilines is 1. The largest absolute Gasteiger partial charge is 0.491 e. The Balaban J connectivity index is 0.00000481. The molecule has 1 aromatic heterocycles. The number of aliphatic carboxylic acids is 1. The Morgan fingerprint density at radius 2 is 1.86 bits per heavy atom. The summed E-state index contributed by atoms with van der Waals surface area (Å²) in [6.45, 7) is 14.6. The number of aromatic nitrogens is 1. The number of Topliss-reactive ketones (excluding diaryl/α,β-unsaturated/α-hetero) is 1. The van der Waals surface area contributed by atoms with Crippen molar-refractivity contribution in [2.24, 2.45) is 0 Å². The number of carbonyl (C=O) groups is 2. The first-order valence-electron chi connectivity index (χ1n) is 12.6. The highest BCUT2D eigenvalue weighted by molar-refractivity contribution is 8.93. The van der Waals surface area contributed by atoms with Crippen molar-refractivity contribution in [3.63, 3.8) is 0 Å². The standard InChI is InChI=1S/C28H38N4O4.BrH/c1-7-31(8-2)22-15-20(14-21(28(4,5)6)26(22)36-13-9-10-24(34)35)23(33)17-32-16-19-12-11-18(3)30-25(19)27(32)29;/h11-12,14-15,29H,7-10,13,16-17H2,1-6H3,(H,34,35);1H. The number of pyridine rings is 1. The summed E-state index contributed by atoms with van der Waals surface area (Å²) in [5.74, 6) is 0.0646. The van der Waals surface area contributed by atoms with Crippen LogP contribution in [0, 0.1) is 12.3 Å². The summed E-state index contributed by atoms with van der Waals surface area (Å²) in [5, 5.41) is 17.5. The average Bonchev–Trinajstić information content (AvgIpc) is 3.11. The molecule has 0 saturated carbocycles. The Bertz CT molecular complexity index is 1160. The molecular weight excluding hydrogens is 536 g/mol. The molecule has 202 valence electrons. The van der Waals surface area contributed by atoms with Crippen molar-refractivity contribution in [3.05, 3.63) is 52.3 Å². The van der Waals surface area contributed by atoms with Crippen LogP contribution in [0.5, 0.6) is 5.75 Å². The molecule has 0 unspecified atom stereocenters. The molecule has 0 saturated heterocycles. The summed E-state index contributed by atoms with van der Waals surface area (Å²) in [6.07, 6.45) is 0.447. The number of benzene rings is 1. The van der Waals surface area contributed by atoms with E-state index in [9.17, 15) is 9.59 Å². The minimum Gasteiger partial charge on any atom is -0.491 e. The zero-order valence-corrected chi connectivity index (χ0v) is 24.4. The fraction of sp³-hybridized carbons (Fsp3) is 0.500. The second-order valence-corrected chi connectivity index (χ2v) is 10.2. The summed E-state index contributed by atoms with van der Waals surface area (Å²) < 4.78 is 6.20. The van der Waals surface area contributed by atoms with Crippen LogP contribution in [0.1, 0.15) is 80.3 Å². The van der Waals surface area contributed by atoms with Crippen molar-refractivity contribution >= 4 is 40.3 Å². The quantitative estimate of drug-likeness (QED) is 0.274. The van der Waals surface area contributed by atoms with Gasteiger partial charge in [-0.05, 0) is 50.8 Å². The van der Waals surface area contributed by atoms with Crippen molar-refractivity contribution in [2.45, 2.75) is 66.3 Å². The molecule has 9 heteroatoms. The highest BCUT2D eigenvalue weighted by Gasteiger charge is 2.30. The third-order valence-corrected chi connectivity index (χ3v) is 6.44. The van der Waals surface area contributed by atoms with Gasteiger partial charge in [0.1, 0.15) is 17.3 Å². The minimum absolute atomic E-state index is 0. The lowest BCUT2D eigenvalue weighted by molar-refractivity contribution is -0.137. The summed E-state index contributed by atoms with van der Waals surface area (Å²) in [5.41, 5.74) is 4.47. The number of nitrogens with one attached hydrogen (secondary N) is 1. The Morgan fingerprint density at radius 1 is 1.19 bits per heavy atom. The van der Waals surface area contributed by atoms with Crippen LogP contribution in [0.2, 0.25) is 0 Å².